The molecule has 21 heavy (non-hydrogen) atoms. The number of ether oxygens (including phenoxy) is 1. The van der Waals surface area contributed by atoms with Gasteiger partial charge in [0.2, 0.25) is 0 Å². The van der Waals surface area contributed by atoms with Crippen molar-refractivity contribution in [2.45, 2.75) is 32.7 Å². The number of benzene rings is 2. The number of rotatable bonds is 5. The molecule has 0 saturated carbocycles. The van der Waals surface area contributed by atoms with E-state index >= 15 is 0 Å². The van der Waals surface area contributed by atoms with Gasteiger partial charge in [-0.15, -0.1) is 0 Å². The van der Waals surface area contributed by atoms with Gasteiger partial charge in [-0.05, 0) is 31.4 Å². The monoisotopic (exact) mass is 291 g/mol. The van der Waals surface area contributed by atoms with Crippen molar-refractivity contribution >= 4 is 0 Å². The van der Waals surface area contributed by atoms with Crippen molar-refractivity contribution in [3.8, 4) is 11.5 Å². The van der Waals surface area contributed by atoms with E-state index in [-0.39, 0.29) is 11.8 Å². The van der Waals surface area contributed by atoms with Crippen molar-refractivity contribution in [2.75, 3.05) is 0 Å². The van der Waals surface area contributed by atoms with E-state index < -0.39 is 11.6 Å². The maximum atomic E-state index is 13.2. The van der Waals surface area contributed by atoms with Crippen molar-refractivity contribution in [3.05, 3.63) is 59.2 Å². The van der Waals surface area contributed by atoms with Crippen LogP contribution in [0.25, 0.3) is 0 Å². The molecule has 2 aromatic carbocycles. The molecule has 0 aliphatic heterocycles. The molecule has 1 atom stereocenters. The second kappa shape index (κ2) is 6.68. The molecule has 0 fully saturated rings. The highest BCUT2D eigenvalue weighted by Gasteiger charge is 2.10. The Balaban J connectivity index is 2.30. The van der Waals surface area contributed by atoms with Gasteiger partial charge in [-0.25, -0.2) is 8.78 Å². The Morgan fingerprint density at radius 3 is 2.38 bits per heavy atom. The highest BCUT2D eigenvalue weighted by Crippen LogP contribution is 2.28. The first-order valence-corrected chi connectivity index (χ1v) is 6.97. The van der Waals surface area contributed by atoms with Gasteiger partial charge in [0.05, 0.1) is 0 Å². The van der Waals surface area contributed by atoms with Crippen LogP contribution in [0.5, 0.6) is 11.5 Å². The van der Waals surface area contributed by atoms with Gasteiger partial charge in [0, 0.05) is 24.2 Å². The Bertz CT molecular complexity index is 608. The zero-order valence-corrected chi connectivity index (χ0v) is 12.2. The average molecular weight is 291 g/mol. The molecular formula is C17H19F2NO. The minimum absolute atomic E-state index is 0.0263. The molecule has 0 aromatic heterocycles. The fourth-order valence-corrected chi connectivity index (χ4v) is 2.11. The van der Waals surface area contributed by atoms with Crippen LogP contribution in [0.3, 0.4) is 0 Å². The maximum absolute atomic E-state index is 13.2. The first-order valence-electron chi connectivity index (χ1n) is 6.97. The molecule has 2 aromatic rings. The van der Waals surface area contributed by atoms with Gasteiger partial charge in [0.25, 0.3) is 0 Å². The maximum Gasteiger partial charge on any atom is 0.133 e. The first kappa shape index (κ1) is 15.4. The largest absolute Gasteiger partial charge is 0.457 e. The standard InChI is InChI=1S/C17H19F2NO/c1-3-15(20)7-12-6-11(2)4-5-17(12)21-16-9-13(18)8-14(19)10-16/h4-6,8-10,15H,3,7,20H2,1-2H3. The van der Waals surface area contributed by atoms with Crippen LogP contribution in [0.1, 0.15) is 24.5 Å². The van der Waals surface area contributed by atoms with Crippen LogP contribution in [0.4, 0.5) is 8.78 Å². The Morgan fingerprint density at radius 2 is 1.76 bits per heavy atom. The molecular weight excluding hydrogens is 272 g/mol. The quantitative estimate of drug-likeness (QED) is 0.889. The zero-order chi connectivity index (χ0) is 15.4. The number of nitrogens with two attached hydrogens (primary N) is 1. The highest BCUT2D eigenvalue weighted by atomic mass is 19.1. The molecule has 0 aliphatic carbocycles. The van der Waals surface area contributed by atoms with E-state index in [1.54, 1.807) is 6.07 Å². The molecule has 4 heteroatoms. The van der Waals surface area contributed by atoms with Gasteiger partial charge in [-0.2, -0.15) is 0 Å². The summed E-state index contributed by atoms with van der Waals surface area (Å²) in [5, 5.41) is 0. The lowest BCUT2D eigenvalue weighted by Crippen LogP contribution is -2.21. The molecule has 0 spiro atoms. The fourth-order valence-electron chi connectivity index (χ4n) is 2.11. The lowest BCUT2D eigenvalue weighted by atomic mass is 10.0. The van der Waals surface area contributed by atoms with Crippen molar-refractivity contribution in [3.63, 3.8) is 0 Å². The van der Waals surface area contributed by atoms with E-state index in [4.69, 9.17) is 10.5 Å². The molecule has 0 heterocycles. The van der Waals surface area contributed by atoms with E-state index in [0.717, 1.165) is 35.7 Å². The van der Waals surface area contributed by atoms with Gasteiger partial charge in [-0.3, -0.25) is 0 Å². The summed E-state index contributed by atoms with van der Waals surface area (Å²) in [5.41, 5.74) is 8.02. The molecule has 112 valence electrons. The lowest BCUT2D eigenvalue weighted by Gasteiger charge is -2.15. The van der Waals surface area contributed by atoms with Gasteiger partial charge >= 0.3 is 0 Å². The summed E-state index contributed by atoms with van der Waals surface area (Å²) in [6, 6.07) is 8.84. The summed E-state index contributed by atoms with van der Waals surface area (Å²) in [6.45, 7) is 4.00. The summed E-state index contributed by atoms with van der Waals surface area (Å²) in [6.07, 6.45) is 1.51. The molecule has 0 saturated heterocycles. The molecule has 2 N–H and O–H groups in total. The van der Waals surface area contributed by atoms with Crippen LogP contribution >= 0.6 is 0 Å². The van der Waals surface area contributed by atoms with Crippen LogP contribution in [0.2, 0.25) is 0 Å². The third-order valence-electron chi connectivity index (χ3n) is 3.29. The van der Waals surface area contributed by atoms with Gasteiger partial charge < -0.3 is 10.5 Å². The Morgan fingerprint density at radius 1 is 1.10 bits per heavy atom. The number of hydrogen-bond donors (Lipinski definition) is 1. The predicted molar refractivity (Wildman–Crippen MR) is 79.6 cm³/mol. The predicted octanol–water partition coefficient (Wildman–Crippen LogP) is 4.35. The minimum Gasteiger partial charge on any atom is -0.457 e. The van der Waals surface area contributed by atoms with Crippen LogP contribution in [0.15, 0.2) is 36.4 Å². The van der Waals surface area contributed by atoms with Gasteiger partial charge in [0.1, 0.15) is 23.1 Å². The molecule has 2 rings (SSSR count). The summed E-state index contributed by atoms with van der Waals surface area (Å²) in [4.78, 5) is 0. The normalized spacial score (nSPS) is 12.2. The van der Waals surface area contributed by atoms with Crippen molar-refractivity contribution in [2.24, 2.45) is 5.73 Å². The molecule has 1 unspecified atom stereocenters. The van der Waals surface area contributed by atoms with Crippen LogP contribution in [0, 0.1) is 18.6 Å². The fraction of sp³-hybridized carbons (Fsp3) is 0.294. The van der Waals surface area contributed by atoms with Crippen molar-refractivity contribution < 1.29 is 13.5 Å². The van der Waals surface area contributed by atoms with Crippen LogP contribution in [-0.4, -0.2) is 6.04 Å². The summed E-state index contributed by atoms with van der Waals surface area (Å²) in [7, 11) is 0. The third kappa shape index (κ3) is 4.26. The Labute approximate surface area is 123 Å². The smallest absolute Gasteiger partial charge is 0.133 e. The molecule has 0 amide bonds. The van der Waals surface area contributed by atoms with E-state index in [1.165, 1.54) is 0 Å². The third-order valence-corrected chi connectivity index (χ3v) is 3.29. The molecule has 0 radical (unpaired) electrons. The summed E-state index contributed by atoms with van der Waals surface area (Å²) >= 11 is 0. The molecule has 0 bridgehead atoms. The van der Waals surface area contributed by atoms with E-state index in [9.17, 15) is 8.78 Å². The highest BCUT2D eigenvalue weighted by molar-refractivity contribution is 5.41. The van der Waals surface area contributed by atoms with Crippen molar-refractivity contribution in [1.29, 1.82) is 0 Å². The lowest BCUT2D eigenvalue weighted by molar-refractivity contribution is 0.459. The van der Waals surface area contributed by atoms with E-state index in [2.05, 4.69) is 0 Å². The summed E-state index contributed by atoms with van der Waals surface area (Å²) < 4.78 is 32.1. The van der Waals surface area contributed by atoms with Gasteiger partial charge in [0.15, 0.2) is 0 Å². The second-order valence-electron chi connectivity index (χ2n) is 5.19. The van der Waals surface area contributed by atoms with Crippen LogP contribution < -0.4 is 10.5 Å². The first-order chi connectivity index (χ1) is 9.97. The SMILES string of the molecule is CCC(N)Cc1cc(C)ccc1Oc1cc(F)cc(F)c1. The number of aryl methyl sites for hydroxylation is 1. The Kier molecular flexibility index (Phi) is 4.91. The topological polar surface area (TPSA) is 35.2 Å². The van der Waals surface area contributed by atoms with Gasteiger partial charge in [-0.1, -0.05) is 24.6 Å². The summed E-state index contributed by atoms with van der Waals surface area (Å²) in [5.74, 6) is -0.606. The number of hydrogen-bond acceptors (Lipinski definition) is 2. The van der Waals surface area contributed by atoms with E-state index in [1.807, 2.05) is 26.0 Å². The zero-order valence-electron chi connectivity index (χ0n) is 12.2. The number of halogens is 2. The average Bonchev–Trinajstić information content (AvgIpc) is 2.40. The van der Waals surface area contributed by atoms with Crippen molar-refractivity contribution in [1.82, 2.24) is 0 Å². The Hall–Kier alpha value is -1.94. The molecule has 0 aliphatic rings. The van der Waals surface area contributed by atoms with E-state index in [0.29, 0.717) is 12.2 Å². The van der Waals surface area contributed by atoms with Crippen LogP contribution in [-0.2, 0) is 6.42 Å². The second-order valence-corrected chi connectivity index (χ2v) is 5.19. The molecule has 2 nitrogen and oxygen atoms in total. The minimum atomic E-state index is -0.663.